The molecule has 1 aromatic rings. The number of aryl methyl sites for hydroxylation is 1. The van der Waals surface area contributed by atoms with Gasteiger partial charge in [0.1, 0.15) is 0 Å². The predicted molar refractivity (Wildman–Crippen MR) is 162 cm³/mol. The third-order valence-electron chi connectivity index (χ3n) is 7.30. The van der Waals surface area contributed by atoms with E-state index >= 15 is 0 Å². The number of alkyl halides is 3. The van der Waals surface area contributed by atoms with Crippen LogP contribution in [0.5, 0.6) is 0 Å². The quantitative estimate of drug-likeness (QED) is 0.272. The van der Waals surface area contributed by atoms with Gasteiger partial charge in [0, 0.05) is 30.7 Å². The molecule has 0 aromatic carbocycles. The second kappa shape index (κ2) is 15.4. The summed E-state index contributed by atoms with van der Waals surface area (Å²) >= 11 is 0. The van der Waals surface area contributed by atoms with Crippen molar-refractivity contribution >= 4 is 33.7 Å². The van der Waals surface area contributed by atoms with Crippen LogP contribution >= 0.6 is 0 Å². The monoisotopic (exact) mass is 590 g/mol. The summed E-state index contributed by atoms with van der Waals surface area (Å²) in [6, 6.07) is 1.95. The van der Waals surface area contributed by atoms with Gasteiger partial charge in [-0.1, -0.05) is 49.3 Å². The van der Waals surface area contributed by atoms with Gasteiger partial charge in [0.15, 0.2) is 0 Å². The lowest BCUT2D eigenvalue weighted by Gasteiger charge is -2.22. The molecule has 0 bridgehead atoms. The van der Waals surface area contributed by atoms with E-state index in [1.54, 1.807) is 18.3 Å². The summed E-state index contributed by atoms with van der Waals surface area (Å²) in [5.74, 6) is -2.30. The first-order valence-corrected chi connectivity index (χ1v) is 15.9. The van der Waals surface area contributed by atoms with E-state index in [4.69, 9.17) is 4.99 Å². The zero-order valence-corrected chi connectivity index (χ0v) is 24.9. The predicted octanol–water partition coefficient (Wildman–Crippen LogP) is 7.47. The summed E-state index contributed by atoms with van der Waals surface area (Å²) in [5, 5.41) is 0. The number of halogens is 3. The van der Waals surface area contributed by atoms with E-state index in [1.807, 2.05) is 25.4 Å². The third-order valence-corrected chi connectivity index (χ3v) is 8.69. The summed E-state index contributed by atoms with van der Waals surface area (Å²) in [6.07, 6.45) is 15.1. The Bertz CT molecular complexity index is 1330. The maximum atomic E-state index is 14.1. The number of sulfonamides is 1. The van der Waals surface area contributed by atoms with Crippen molar-refractivity contribution in [3.05, 3.63) is 65.0 Å². The zero-order chi connectivity index (χ0) is 29.9. The van der Waals surface area contributed by atoms with Gasteiger partial charge in [0.25, 0.3) is 0 Å². The van der Waals surface area contributed by atoms with Gasteiger partial charge in [-0.05, 0) is 82.0 Å². The molecule has 2 heterocycles. The number of hydrogen-bond donors (Lipinski definition) is 1. The van der Waals surface area contributed by atoms with Gasteiger partial charge >= 0.3 is 6.18 Å². The van der Waals surface area contributed by atoms with Crippen LogP contribution in [0.4, 0.5) is 18.9 Å². The van der Waals surface area contributed by atoms with Crippen LogP contribution in [0.1, 0.15) is 69.5 Å². The van der Waals surface area contributed by atoms with Gasteiger partial charge in [-0.2, -0.15) is 13.2 Å². The molecule has 10 heteroatoms. The Balaban J connectivity index is 1.86. The highest BCUT2D eigenvalue weighted by Crippen LogP contribution is 2.37. The van der Waals surface area contributed by atoms with E-state index in [1.165, 1.54) is 13.1 Å². The number of allylic oxidation sites excluding steroid dienone is 8. The van der Waals surface area contributed by atoms with Crippen LogP contribution in [0.3, 0.4) is 0 Å². The van der Waals surface area contributed by atoms with Crippen molar-refractivity contribution in [2.45, 2.75) is 71.4 Å². The van der Waals surface area contributed by atoms with Crippen LogP contribution in [0, 0.1) is 18.8 Å². The minimum absolute atomic E-state index is 0.124. The molecular formula is C31H41F3N4O2S. The molecule has 0 amide bonds. The Morgan fingerprint density at radius 1 is 1.22 bits per heavy atom. The molecule has 1 N–H and O–H groups in total. The van der Waals surface area contributed by atoms with Crippen LogP contribution in [-0.4, -0.2) is 51.4 Å². The Kier molecular flexibility index (Phi) is 12.3. The highest BCUT2D eigenvalue weighted by atomic mass is 32.2. The summed E-state index contributed by atoms with van der Waals surface area (Å²) in [5.41, 5.74) is 4.70. The molecule has 3 rings (SSSR count). The van der Waals surface area contributed by atoms with Crippen molar-refractivity contribution < 1.29 is 21.6 Å². The van der Waals surface area contributed by atoms with Gasteiger partial charge < -0.3 is 0 Å². The van der Waals surface area contributed by atoms with E-state index in [0.29, 0.717) is 19.4 Å². The molecule has 0 spiro atoms. The first-order valence-electron chi connectivity index (χ1n) is 14.3. The van der Waals surface area contributed by atoms with Crippen molar-refractivity contribution in [2.24, 2.45) is 21.8 Å². The van der Waals surface area contributed by atoms with Crippen LogP contribution in [-0.2, 0) is 10.0 Å². The number of unbranched alkanes of at least 4 members (excludes halogenated alkanes) is 1. The fraction of sp³-hybridized carbons (Fsp3) is 0.516. The van der Waals surface area contributed by atoms with E-state index in [0.717, 1.165) is 60.2 Å². The highest BCUT2D eigenvalue weighted by molar-refractivity contribution is 7.89. The van der Waals surface area contributed by atoms with Crippen molar-refractivity contribution in [1.29, 1.82) is 0 Å². The summed E-state index contributed by atoms with van der Waals surface area (Å²) < 4.78 is 68.0. The molecule has 1 aromatic heterocycles. The average molecular weight is 591 g/mol. The van der Waals surface area contributed by atoms with E-state index in [-0.39, 0.29) is 11.5 Å². The molecule has 224 valence electrons. The van der Waals surface area contributed by atoms with Crippen LogP contribution in [0.25, 0.3) is 5.57 Å². The maximum absolute atomic E-state index is 14.1. The second-order valence-electron chi connectivity index (χ2n) is 10.5. The van der Waals surface area contributed by atoms with E-state index in [2.05, 4.69) is 33.8 Å². The van der Waals surface area contributed by atoms with E-state index < -0.39 is 34.3 Å². The van der Waals surface area contributed by atoms with Crippen molar-refractivity contribution in [1.82, 2.24) is 9.71 Å². The Labute approximate surface area is 242 Å². The summed E-state index contributed by atoms with van der Waals surface area (Å²) in [6.45, 7) is 4.70. The first kappa shape index (κ1) is 32.7. The number of aromatic nitrogens is 1. The fourth-order valence-electron chi connectivity index (χ4n) is 4.96. The summed E-state index contributed by atoms with van der Waals surface area (Å²) in [7, 11) is -2.54. The van der Waals surface area contributed by atoms with Gasteiger partial charge in [-0.3, -0.25) is 15.0 Å². The lowest BCUT2D eigenvalue weighted by molar-refractivity contribution is -0.163. The maximum Gasteiger partial charge on any atom is 0.395 e. The van der Waals surface area contributed by atoms with Crippen molar-refractivity contribution in [3.8, 4) is 0 Å². The largest absolute Gasteiger partial charge is 0.395 e. The van der Waals surface area contributed by atoms with Crippen molar-refractivity contribution in [3.63, 3.8) is 0 Å². The number of hydrogen-bond acceptors (Lipinski definition) is 5. The molecule has 0 saturated heterocycles. The standard InChI is InChI=1S/C31H41F3N4O2S/c1-4-5-16-38-30-23(2)37-18-14-28(30)27-21-25(13-17-36-22-27)20-24-9-7-6-8-10-26(12-11-24)29(31(32,33)34)15-19-41(39,40)35-3/h9-12,14,16,18,21-22,25,29,35H,4-8,13,15,17,19-20H2,1-3H3/b12-11?,24-9?,26-10-,38-16?. The average Bonchev–Trinajstić information content (AvgIpc) is 3.09. The minimum atomic E-state index is -4.55. The molecule has 1 aliphatic heterocycles. The first-order chi connectivity index (χ1) is 19.5. The lowest BCUT2D eigenvalue weighted by atomic mass is 9.90. The normalized spacial score (nSPS) is 20.8. The molecule has 2 atom stereocenters. The van der Waals surface area contributed by atoms with Gasteiger partial charge in [0.05, 0.1) is 23.1 Å². The number of nitrogens with zero attached hydrogens (tertiary/aromatic N) is 3. The third kappa shape index (κ3) is 10.2. The number of nitrogens with one attached hydrogen (secondary N) is 1. The SMILES string of the molecule is CCCC=Nc1c(C2=CC(CC3=CCCC/C=C(\C(CCS(=O)(=O)NC)C(F)(F)F)C=C3)CCN=C2)ccnc1C. The number of aliphatic imine (C=N–C) groups is 2. The summed E-state index contributed by atoms with van der Waals surface area (Å²) in [4.78, 5) is 13.7. The van der Waals surface area contributed by atoms with Crippen LogP contribution < -0.4 is 4.72 Å². The van der Waals surface area contributed by atoms with Crippen LogP contribution in [0.15, 0.2) is 63.8 Å². The fourth-order valence-corrected chi connectivity index (χ4v) is 5.71. The molecule has 2 unspecified atom stereocenters. The highest BCUT2D eigenvalue weighted by Gasteiger charge is 2.41. The number of pyridine rings is 1. The number of rotatable bonds is 11. The molecule has 1 aliphatic carbocycles. The topological polar surface area (TPSA) is 83.8 Å². The van der Waals surface area contributed by atoms with E-state index in [9.17, 15) is 21.6 Å². The smallest absolute Gasteiger partial charge is 0.293 e. The molecular weight excluding hydrogens is 549 g/mol. The van der Waals surface area contributed by atoms with Gasteiger partial charge in [-0.25, -0.2) is 13.1 Å². The molecule has 0 fully saturated rings. The molecule has 0 radical (unpaired) electrons. The Hall–Kier alpha value is -2.85. The molecule has 2 aliphatic rings. The van der Waals surface area contributed by atoms with Crippen LogP contribution in [0.2, 0.25) is 0 Å². The molecule has 41 heavy (non-hydrogen) atoms. The Morgan fingerprint density at radius 2 is 2.00 bits per heavy atom. The zero-order valence-electron chi connectivity index (χ0n) is 24.1. The lowest BCUT2D eigenvalue weighted by Crippen LogP contribution is -2.30. The Morgan fingerprint density at radius 3 is 2.73 bits per heavy atom. The molecule has 0 saturated carbocycles. The van der Waals surface area contributed by atoms with Gasteiger partial charge in [-0.15, -0.1) is 0 Å². The van der Waals surface area contributed by atoms with Gasteiger partial charge in [0.2, 0.25) is 10.0 Å². The second-order valence-corrected chi connectivity index (χ2v) is 12.5. The molecule has 6 nitrogen and oxygen atoms in total. The minimum Gasteiger partial charge on any atom is -0.293 e. The van der Waals surface area contributed by atoms with Crippen molar-refractivity contribution in [2.75, 3.05) is 19.3 Å².